The molecule has 0 aromatic heterocycles. The van der Waals surface area contributed by atoms with Crippen molar-refractivity contribution in [2.24, 2.45) is 0 Å². The first-order chi connectivity index (χ1) is 12.1. The zero-order valence-corrected chi connectivity index (χ0v) is 14.2. The van der Waals surface area contributed by atoms with Crippen LogP contribution >= 0.6 is 0 Å². The number of anilines is 1. The van der Waals surface area contributed by atoms with Crippen LogP contribution < -0.4 is 4.90 Å². The van der Waals surface area contributed by atoms with Gasteiger partial charge in [0.25, 0.3) is 0 Å². The molecule has 25 heavy (non-hydrogen) atoms. The van der Waals surface area contributed by atoms with E-state index in [4.69, 9.17) is 5.26 Å². The molecule has 0 aliphatic carbocycles. The number of hydrogen-bond acceptors (Lipinski definition) is 4. The molecule has 0 saturated carbocycles. The second kappa shape index (κ2) is 7.47. The minimum absolute atomic E-state index is 0.0701. The zero-order chi connectivity index (χ0) is 17.8. The van der Waals surface area contributed by atoms with Gasteiger partial charge >= 0.3 is 0 Å². The Morgan fingerprint density at radius 1 is 1.24 bits per heavy atom. The highest BCUT2D eigenvalue weighted by Crippen LogP contribution is 2.25. The van der Waals surface area contributed by atoms with Crippen molar-refractivity contribution in [2.45, 2.75) is 18.6 Å². The van der Waals surface area contributed by atoms with Crippen LogP contribution in [0.1, 0.15) is 23.7 Å². The van der Waals surface area contributed by atoms with Crippen LogP contribution in [0.3, 0.4) is 0 Å². The summed E-state index contributed by atoms with van der Waals surface area (Å²) >= 11 is 0. The van der Waals surface area contributed by atoms with Gasteiger partial charge in [-0.1, -0.05) is 30.3 Å². The number of carbonyl (C=O) groups excluding carboxylic acids is 1. The summed E-state index contributed by atoms with van der Waals surface area (Å²) in [6.07, 6.45) is 0.0425. The number of aliphatic hydroxyl groups excluding tert-OH is 1. The van der Waals surface area contributed by atoms with E-state index in [1.165, 1.54) is 0 Å². The van der Waals surface area contributed by atoms with Gasteiger partial charge in [0, 0.05) is 18.8 Å². The molecular weight excluding hydrogens is 314 g/mol. The second-order valence-corrected chi connectivity index (χ2v) is 6.32. The molecule has 5 heteroatoms. The zero-order valence-electron chi connectivity index (χ0n) is 14.2. The molecule has 3 rings (SSSR count). The molecular formula is C20H21N3O2. The minimum atomic E-state index is -0.698. The Morgan fingerprint density at radius 3 is 2.56 bits per heavy atom. The van der Waals surface area contributed by atoms with Crippen molar-refractivity contribution in [2.75, 3.05) is 25.0 Å². The Balaban J connectivity index is 1.64. The predicted octanol–water partition coefficient (Wildman–Crippen LogP) is 2.33. The summed E-state index contributed by atoms with van der Waals surface area (Å²) in [5.41, 5.74) is 2.22. The number of hydrogen-bond donors (Lipinski definition) is 1. The Morgan fingerprint density at radius 2 is 1.92 bits per heavy atom. The van der Waals surface area contributed by atoms with Crippen molar-refractivity contribution in [1.29, 1.82) is 5.26 Å². The fourth-order valence-corrected chi connectivity index (χ4v) is 3.22. The van der Waals surface area contributed by atoms with E-state index in [0.717, 1.165) is 17.7 Å². The first-order valence-electron chi connectivity index (χ1n) is 8.35. The van der Waals surface area contributed by atoms with E-state index in [9.17, 15) is 9.90 Å². The van der Waals surface area contributed by atoms with Crippen LogP contribution in [-0.4, -0.2) is 42.1 Å². The molecule has 0 bridgehead atoms. The molecule has 1 amide bonds. The van der Waals surface area contributed by atoms with Crippen molar-refractivity contribution < 1.29 is 9.90 Å². The fraction of sp³-hybridized carbons (Fsp3) is 0.300. The normalized spacial score (nSPS) is 18.4. The topological polar surface area (TPSA) is 67.6 Å². The molecule has 1 aliphatic heterocycles. The molecule has 1 heterocycles. The fourth-order valence-electron chi connectivity index (χ4n) is 3.22. The summed E-state index contributed by atoms with van der Waals surface area (Å²) < 4.78 is 0. The van der Waals surface area contributed by atoms with E-state index >= 15 is 0 Å². The number of rotatable bonds is 5. The number of aliphatic hydroxyl groups is 1. The molecule has 2 aromatic rings. The molecule has 2 atom stereocenters. The maximum absolute atomic E-state index is 12.7. The molecule has 5 nitrogen and oxygen atoms in total. The summed E-state index contributed by atoms with van der Waals surface area (Å²) in [4.78, 5) is 16.4. The lowest BCUT2D eigenvalue weighted by molar-refractivity contribution is -0.121. The summed E-state index contributed by atoms with van der Waals surface area (Å²) in [6.45, 7) is 1.05. The van der Waals surface area contributed by atoms with Gasteiger partial charge in [-0.3, -0.25) is 9.69 Å². The van der Waals surface area contributed by atoms with Crippen LogP contribution in [0.4, 0.5) is 5.69 Å². The maximum Gasteiger partial charge on any atom is 0.244 e. The van der Waals surface area contributed by atoms with Gasteiger partial charge in [0.05, 0.1) is 23.8 Å². The van der Waals surface area contributed by atoms with Crippen molar-refractivity contribution in [3.8, 4) is 6.07 Å². The van der Waals surface area contributed by atoms with E-state index in [1.54, 1.807) is 29.2 Å². The molecule has 1 N–H and O–H groups in total. The number of likely N-dealkylation sites (N-methyl/N-ethyl adjacent to an activating group) is 1. The lowest BCUT2D eigenvalue weighted by Crippen LogP contribution is -2.41. The van der Waals surface area contributed by atoms with Crippen LogP contribution in [-0.2, 0) is 4.79 Å². The molecule has 2 aromatic carbocycles. The van der Waals surface area contributed by atoms with Crippen LogP contribution in [0.2, 0.25) is 0 Å². The van der Waals surface area contributed by atoms with Gasteiger partial charge in [0.15, 0.2) is 0 Å². The third-order valence-corrected chi connectivity index (χ3v) is 4.66. The number of nitriles is 1. The van der Waals surface area contributed by atoms with Gasteiger partial charge in [-0.25, -0.2) is 0 Å². The van der Waals surface area contributed by atoms with Gasteiger partial charge in [-0.05, 0) is 43.3 Å². The van der Waals surface area contributed by atoms with Crippen molar-refractivity contribution in [3.63, 3.8) is 0 Å². The summed E-state index contributed by atoms with van der Waals surface area (Å²) in [5.74, 6) is 0.0701. The standard InChI is InChI=1S/C20H21N3O2/c1-22(14-19(24)16-9-7-15(13-21)8-10-16)18-11-12-23(20(18)25)17-5-3-2-4-6-17/h2-10,18-19,24H,11-12,14H2,1H3. The number of para-hydroxylation sites is 1. The van der Waals surface area contributed by atoms with Gasteiger partial charge in [0.1, 0.15) is 0 Å². The summed E-state index contributed by atoms with van der Waals surface area (Å²) in [5, 5.41) is 19.3. The first kappa shape index (κ1) is 17.2. The highest BCUT2D eigenvalue weighted by atomic mass is 16.3. The monoisotopic (exact) mass is 335 g/mol. The van der Waals surface area contributed by atoms with Crippen molar-refractivity contribution >= 4 is 11.6 Å². The quantitative estimate of drug-likeness (QED) is 0.911. The average Bonchev–Trinajstić information content (AvgIpc) is 3.04. The van der Waals surface area contributed by atoms with Crippen LogP contribution in [0.5, 0.6) is 0 Å². The number of benzene rings is 2. The Kier molecular flexibility index (Phi) is 5.13. The maximum atomic E-state index is 12.7. The summed E-state index contributed by atoms with van der Waals surface area (Å²) in [7, 11) is 1.87. The third kappa shape index (κ3) is 3.71. The smallest absolute Gasteiger partial charge is 0.244 e. The van der Waals surface area contributed by atoms with Crippen molar-refractivity contribution in [1.82, 2.24) is 4.90 Å². The van der Waals surface area contributed by atoms with E-state index in [2.05, 4.69) is 6.07 Å². The predicted molar refractivity (Wildman–Crippen MR) is 95.9 cm³/mol. The molecule has 0 radical (unpaired) electrons. The highest BCUT2D eigenvalue weighted by Gasteiger charge is 2.35. The third-order valence-electron chi connectivity index (χ3n) is 4.66. The van der Waals surface area contributed by atoms with Gasteiger partial charge in [-0.15, -0.1) is 0 Å². The van der Waals surface area contributed by atoms with E-state index in [-0.39, 0.29) is 11.9 Å². The highest BCUT2D eigenvalue weighted by molar-refractivity contribution is 5.99. The van der Waals surface area contributed by atoms with Crippen LogP contribution in [0, 0.1) is 11.3 Å². The largest absolute Gasteiger partial charge is 0.387 e. The molecule has 1 aliphatic rings. The molecule has 1 saturated heterocycles. The number of carbonyl (C=O) groups is 1. The van der Waals surface area contributed by atoms with Crippen LogP contribution in [0.25, 0.3) is 0 Å². The number of nitrogens with zero attached hydrogens (tertiary/aromatic N) is 3. The molecule has 128 valence electrons. The average molecular weight is 335 g/mol. The Bertz CT molecular complexity index is 768. The SMILES string of the molecule is CN(CC(O)c1ccc(C#N)cc1)C1CCN(c2ccccc2)C1=O. The minimum Gasteiger partial charge on any atom is -0.387 e. The second-order valence-electron chi connectivity index (χ2n) is 6.32. The first-order valence-corrected chi connectivity index (χ1v) is 8.35. The van der Waals surface area contributed by atoms with E-state index in [1.807, 2.05) is 42.3 Å². The lowest BCUT2D eigenvalue weighted by atomic mass is 10.1. The molecule has 2 unspecified atom stereocenters. The van der Waals surface area contributed by atoms with Gasteiger partial charge < -0.3 is 10.0 Å². The lowest BCUT2D eigenvalue weighted by Gasteiger charge is -2.26. The van der Waals surface area contributed by atoms with Crippen molar-refractivity contribution in [3.05, 3.63) is 65.7 Å². The van der Waals surface area contributed by atoms with E-state index in [0.29, 0.717) is 18.7 Å². The van der Waals surface area contributed by atoms with Gasteiger partial charge in [0.2, 0.25) is 5.91 Å². The van der Waals surface area contributed by atoms with E-state index < -0.39 is 6.10 Å². The Hall–Kier alpha value is -2.68. The van der Waals surface area contributed by atoms with Crippen LogP contribution in [0.15, 0.2) is 54.6 Å². The Labute approximate surface area is 147 Å². The molecule has 0 spiro atoms. The summed E-state index contributed by atoms with van der Waals surface area (Å²) in [6, 6.07) is 18.4. The molecule has 1 fully saturated rings. The van der Waals surface area contributed by atoms with Gasteiger partial charge in [-0.2, -0.15) is 5.26 Å². The number of amides is 1.